The summed E-state index contributed by atoms with van der Waals surface area (Å²) in [6, 6.07) is 4.02. The fourth-order valence-electron chi connectivity index (χ4n) is 1.45. The molecule has 0 bridgehead atoms. The molecule has 0 aliphatic heterocycles. The van der Waals surface area contributed by atoms with Gasteiger partial charge in [-0.3, -0.25) is 0 Å². The number of hydrogen-bond donors (Lipinski definition) is 0. The number of halogens is 1. The maximum absolute atomic E-state index is 5.29. The Kier molecular flexibility index (Phi) is 7.26. The van der Waals surface area contributed by atoms with Gasteiger partial charge in [0.05, 0.1) is 33.4 Å². The Hall–Kier alpha value is -0.0300. The molecule has 1 aromatic heterocycles. The van der Waals surface area contributed by atoms with Gasteiger partial charge in [0.15, 0.2) is 0 Å². The fourth-order valence-corrected chi connectivity index (χ4v) is 1.45. The molecule has 0 fully saturated rings. The van der Waals surface area contributed by atoms with Crippen molar-refractivity contribution in [1.29, 1.82) is 0 Å². The molecule has 0 saturated heterocycles. The van der Waals surface area contributed by atoms with Crippen LogP contribution in [0.15, 0.2) is 22.8 Å². The van der Waals surface area contributed by atoms with E-state index in [0.717, 1.165) is 16.7 Å². The monoisotopic (exact) mass is 323 g/mol. The summed E-state index contributed by atoms with van der Waals surface area (Å²) >= 11 is 0. The molecule has 0 aliphatic rings. The van der Waals surface area contributed by atoms with E-state index >= 15 is 0 Å². The first kappa shape index (κ1) is 15.0. The molecular weight excluding hydrogens is 301 g/mol. The van der Waals surface area contributed by atoms with E-state index in [1.54, 1.807) is 6.26 Å². The SMILES string of the molecule is CC[N+](C)(C)CCCCc1ccco1.[I-]. The number of rotatable bonds is 6. The topological polar surface area (TPSA) is 13.1 Å². The first-order valence-electron chi connectivity index (χ1n) is 5.48. The second kappa shape index (κ2) is 7.28. The summed E-state index contributed by atoms with van der Waals surface area (Å²) in [7, 11) is 4.57. The van der Waals surface area contributed by atoms with Crippen molar-refractivity contribution in [2.24, 2.45) is 0 Å². The smallest absolute Gasteiger partial charge is 0.103 e. The van der Waals surface area contributed by atoms with Gasteiger partial charge in [-0.2, -0.15) is 0 Å². The van der Waals surface area contributed by atoms with Crippen LogP contribution in [0.2, 0.25) is 0 Å². The molecule has 2 nitrogen and oxygen atoms in total. The summed E-state index contributed by atoms with van der Waals surface area (Å²) < 4.78 is 6.41. The van der Waals surface area contributed by atoms with Crippen LogP contribution in [0, 0.1) is 0 Å². The van der Waals surface area contributed by atoms with Crippen LogP contribution in [0.5, 0.6) is 0 Å². The number of aryl methyl sites for hydroxylation is 1. The highest BCUT2D eigenvalue weighted by Crippen LogP contribution is 2.07. The van der Waals surface area contributed by atoms with Crippen LogP contribution in [-0.2, 0) is 6.42 Å². The van der Waals surface area contributed by atoms with Crippen molar-refractivity contribution in [2.75, 3.05) is 27.2 Å². The average molecular weight is 323 g/mol. The van der Waals surface area contributed by atoms with Gasteiger partial charge in [-0.25, -0.2) is 0 Å². The van der Waals surface area contributed by atoms with E-state index < -0.39 is 0 Å². The first-order valence-corrected chi connectivity index (χ1v) is 5.48. The zero-order valence-electron chi connectivity index (χ0n) is 10.0. The van der Waals surface area contributed by atoms with Crippen LogP contribution >= 0.6 is 0 Å². The van der Waals surface area contributed by atoms with E-state index in [1.165, 1.54) is 25.9 Å². The molecule has 0 amide bonds. The van der Waals surface area contributed by atoms with Gasteiger partial charge in [-0.15, -0.1) is 0 Å². The summed E-state index contributed by atoms with van der Waals surface area (Å²) in [5, 5.41) is 0. The van der Waals surface area contributed by atoms with Gasteiger partial charge in [0.1, 0.15) is 5.76 Å². The molecule has 0 unspecified atom stereocenters. The zero-order chi connectivity index (χ0) is 10.4. The predicted octanol–water partition coefficient (Wildman–Crippen LogP) is -0.297. The van der Waals surface area contributed by atoms with Crippen molar-refractivity contribution in [3.05, 3.63) is 24.2 Å². The fraction of sp³-hybridized carbons (Fsp3) is 0.667. The Morgan fingerprint density at radius 3 is 2.53 bits per heavy atom. The van der Waals surface area contributed by atoms with E-state index in [1.807, 2.05) is 6.07 Å². The molecule has 0 aliphatic carbocycles. The molecule has 1 aromatic rings. The molecule has 0 radical (unpaired) electrons. The van der Waals surface area contributed by atoms with Gasteiger partial charge >= 0.3 is 0 Å². The minimum Gasteiger partial charge on any atom is -1.00 e. The quantitative estimate of drug-likeness (QED) is 0.398. The summed E-state index contributed by atoms with van der Waals surface area (Å²) in [5.41, 5.74) is 0. The van der Waals surface area contributed by atoms with Crippen molar-refractivity contribution in [3.8, 4) is 0 Å². The van der Waals surface area contributed by atoms with Crippen LogP contribution in [0.4, 0.5) is 0 Å². The van der Waals surface area contributed by atoms with Gasteiger partial charge in [-0.05, 0) is 31.9 Å². The zero-order valence-corrected chi connectivity index (χ0v) is 12.2. The lowest BCUT2D eigenvalue weighted by molar-refractivity contribution is -0.888. The van der Waals surface area contributed by atoms with E-state index in [-0.39, 0.29) is 24.0 Å². The summed E-state index contributed by atoms with van der Waals surface area (Å²) in [6.07, 6.45) is 5.34. The Morgan fingerprint density at radius 2 is 2.00 bits per heavy atom. The van der Waals surface area contributed by atoms with Gasteiger partial charge in [0, 0.05) is 6.42 Å². The number of unbranched alkanes of at least 4 members (excludes halogenated alkanes) is 1. The van der Waals surface area contributed by atoms with Crippen molar-refractivity contribution in [2.45, 2.75) is 26.2 Å². The largest absolute Gasteiger partial charge is 1.00 e. The Labute approximate surface area is 110 Å². The second-order valence-corrected chi connectivity index (χ2v) is 4.51. The molecule has 88 valence electrons. The minimum absolute atomic E-state index is 0. The highest BCUT2D eigenvalue weighted by atomic mass is 127. The van der Waals surface area contributed by atoms with Gasteiger partial charge in [0.25, 0.3) is 0 Å². The molecular formula is C12H22INO. The van der Waals surface area contributed by atoms with E-state index in [9.17, 15) is 0 Å². The Balaban J connectivity index is 0.00000196. The molecule has 15 heavy (non-hydrogen) atoms. The maximum atomic E-state index is 5.29. The molecule has 1 heterocycles. The lowest BCUT2D eigenvalue weighted by Crippen LogP contribution is -3.00. The third-order valence-corrected chi connectivity index (χ3v) is 2.87. The lowest BCUT2D eigenvalue weighted by Gasteiger charge is -2.27. The second-order valence-electron chi connectivity index (χ2n) is 4.51. The third-order valence-electron chi connectivity index (χ3n) is 2.87. The van der Waals surface area contributed by atoms with Crippen LogP contribution in [0.25, 0.3) is 0 Å². The van der Waals surface area contributed by atoms with Crippen molar-refractivity contribution < 1.29 is 32.9 Å². The molecule has 0 aromatic carbocycles. The standard InChI is InChI=1S/C12H22NO.HI/c1-4-13(2,3)10-6-5-8-12-9-7-11-14-12;/h7,9,11H,4-6,8,10H2,1-3H3;1H/q+1;/p-1. The highest BCUT2D eigenvalue weighted by Gasteiger charge is 2.10. The van der Waals surface area contributed by atoms with E-state index in [2.05, 4.69) is 27.1 Å². The predicted molar refractivity (Wildman–Crippen MR) is 59.2 cm³/mol. The molecule has 1 rings (SSSR count). The summed E-state index contributed by atoms with van der Waals surface area (Å²) in [4.78, 5) is 0. The summed E-state index contributed by atoms with van der Waals surface area (Å²) in [6.45, 7) is 4.71. The molecule has 0 N–H and O–H groups in total. The van der Waals surface area contributed by atoms with Gasteiger partial charge in [0.2, 0.25) is 0 Å². The molecule has 0 atom stereocenters. The van der Waals surface area contributed by atoms with Crippen LogP contribution in [-0.4, -0.2) is 31.7 Å². The number of nitrogens with zero attached hydrogens (tertiary/aromatic N) is 1. The third kappa shape index (κ3) is 6.20. The van der Waals surface area contributed by atoms with Crippen molar-refractivity contribution >= 4 is 0 Å². The number of furan rings is 1. The number of hydrogen-bond acceptors (Lipinski definition) is 1. The molecule has 0 saturated carbocycles. The Morgan fingerprint density at radius 1 is 1.27 bits per heavy atom. The van der Waals surface area contributed by atoms with E-state index in [0.29, 0.717) is 0 Å². The van der Waals surface area contributed by atoms with Crippen LogP contribution < -0.4 is 24.0 Å². The van der Waals surface area contributed by atoms with E-state index in [4.69, 9.17) is 4.42 Å². The molecule has 3 heteroatoms. The Bertz CT molecular complexity index is 244. The normalized spacial score (nSPS) is 11.1. The number of quaternary nitrogens is 1. The lowest BCUT2D eigenvalue weighted by atomic mass is 10.2. The first-order chi connectivity index (χ1) is 6.64. The van der Waals surface area contributed by atoms with Crippen LogP contribution in [0.3, 0.4) is 0 Å². The highest BCUT2D eigenvalue weighted by molar-refractivity contribution is 4.97. The molecule has 0 spiro atoms. The van der Waals surface area contributed by atoms with Gasteiger partial charge < -0.3 is 32.9 Å². The van der Waals surface area contributed by atoms with Gasteiger partial charge in [-0.1, -0.05) is 0 Å². The maximum Gasteiger partial charge on any atom is 0.103 e. The van der Waals surface area contributed by atoms with Crippen molar-refractivity contribution in [3.63, 3.8) is 0 Å². The average Bonchev–Trinajstić information content (AvgIpc) is 2.65. The van der Waals surface area contributed by atoms with Crippen LogP contribution in [0.1, 0.15) is 25.5 Å². The minimum atomic E-state index is 0. The van der Waals surface area contributed by atoms with Crippen molar-refractivity contribution in [1.82, 2.24) is 0 Å². The summed E-state index contributed by atoms with van der Waals surface area (Å²) in [5.74, 6) is 1.12.